The molecule has 0 spiro atoms. The Morgan fingerprint density at radius 3 is 2.32 bits per heavy atom. The minimum absolute atomic E-state index is 0.0681. The van der Waals surface area contributed by atoms with Crippen molar-refractivity contribution < 1.29 is 9.47 Å². The summed E-state index contributed by atoms with van der Waals surface area (Å²) in [7, 11) is 5.29. The van der Waals surface area contributed by atoms with E-state index in [1.54, 1.807) is 14.2 Å². The molecular weight excluding hydrogens is 240 g/mol. The average Bonchev–Trinajstić information content (AvgIpc) is 2.40. The smallest absolute Gasteiger partial charge is 0.127 e. The van der Waals surface area contributed by atoms with E-state index >= 15 is 0 Å². The average molecular weight is 266 g/mol. The Kier molecular flexibility index (Phi) is 5.20. The molecule has 0 amide bonds. The minimum Gasteiger partial charge on any atom is -0.497 e. The van der Waals surface area contributed by atoms with Crippen molar-refractivity contribution in [3.05, 3.63) is 23.3 Å². The van der Waals surface area contributed by atoms with Crippen LogP contribution in [0.25, 0.3) is 0 Å². The first-order valence-corrected chi connectivity index (χ1v) is 6.51. The molecule has 0 heterocycles. The van der Waals surface area contributed by atoms with Gasteiger partial charge in [0.25, 0.3) is 0 Å². The zero-order chi connectivity index (χ0) is 14.6. The number of aryl methyl sites for hydroxylation is 1. The summed E-state index contributed by atoms with van der Waals surface area (Å²) in [6, 6.07) is 4.06. The second kappa shape index (κ2) is 6.26. The van der Waals surface area contributed by atoms with Crippen molar-refractivity contribution in [3.63, 3.8) is 0 Å². The van der Waals surface area contributed by atoms with Crippen molar-refractivity contribution in [1.82, 2.24) is 5.32 Å². The van der Waals surface area contributed by atoms with Crippen LogP contribution in [0.15, 0.2) is 12.1 Å². The number of hydrogen-bond acceptors (Lipinski definition) is 4. The third kappa shape index (κ3) is 3.19. The molecule has 19 heavy (non-hydrogen) atoms. The van der Waals surface area contributed by atoms with Crippen LogP contribution in [-0.2, 0) is 0 Å². The number of benzene rings is 1. The van der Waals surface area contributed by atoms with Gasteiger partial charge in [-0.1, -0.05) is 13.8 Å². The van der Waals surface area contributed by atoms with Gasteiger partial charge in [0.05, 0.1) is 14.2 Å². The van der Waals surface area contributed by atoms with Crippen LogP contribution in [0, 0.1) is 12.3 Å². The first-order valence-electron chi connectivity index (χ1n) is 6.51. The Labute approximate surface area is 116 Å². The molecule has 4 heteroatoms. The van der Waals surface area contributed by atoms with Crippen LogP contribution in [0.3, 0.4) is 0 Å². The highest BCUT2D eigenvalue weighted by atomic mass is 16.5. The number of hydrogen-bond donors (Lipinski definition) is 2. The van der Waals surface area contributed by atoms with Crippen molar-refractivity contribution >= 4 is 0 Å². The van der Waals surface area contributed by atoms with E-state index in [9.17, 15) is 0 Å². The van der Waals surface area contributed by atoms with Crippen molar-refractivity contribution in [2.24, 2.45) is 11.1 Å². The zero-order valence-corrected chi connectivity index (χ0v) is 12.8. The van der Waals surface area contributed by atoms with E-state index in [-0.39, 0.29) is 11.5 Å². The van der Waals surface area contributed by atoms with Gasteiger partial charge in [0.15, 0.2) is 0 Å². The van der Waals surface area contributed by atoms with E-state index < -0.39 is 0 Å². The molecular formula is C15H26N2O2. The summed E-state index contributed by atoms with van der Waals surface area (Å²) >= 11 is 0. The van der Waals surface area contributed by atoms with Gasteiger partial charge >= 0.3 is 0 Å². The van der Waals surface area contributed by atoms with Crippen molar-refractivity contribution in [2.45, 2.75) is 26.8 Å². The normalized spacial score (nSPS) is 13.2. The third-order valence-corrected chi connectivity index (χ3v) is 3.66. The predicted octanol–water partition coefficient (Wildman–Crippen LogP) is 2.26. The summed E-state index contributed by atoms with van der Waals surface area (Å²) in [4.78, 5) is 0. The highest BCUT2D eigenvalue weighted by Crippen LogP contribution is 2.40. The Hall–Kier alpha value is -1.26. The summed E-state index contributed by atoms with van der Waals surface area (Å²) in [5.41, 5.74) is 8.12. The topological polar surface area (TPSA) is 56.5 Å². The van der Waals surface area contributed by atoms with Crippen LogP contribution in [0.1, 0.15) is 31.0 Å². The number of rotatable bonds is 6. The number of ether oxygens (including phenoxy) is 2. The van der Waals surface area contributed by atoms with Crippen molar-refractivity contribution in [1.29, 1.82) is 0 Å². The van der Waals surface area contributed by atoms with E-state index in [2.05, 4.69) is 26.1 Å². The molecule has 1 rings (SSSR count). The predicted molar refractivity (Wildman–Crippen MR) is 78.9 cm³/mol. The third-order valence-electron chi connectivity index (χ3n) is 3.66. The highest BCUT2D eigenvalue weighted by Gasteiger charge is 2.31. The maximum Gasteiger partial charge on any atom is 0.127 e. The van der Waals surface area contributed by atoms with Gasteiger partial charge in [0, 0.05) is 17.7 Å². The molecule has 108 valence electrons. The molecule has 0 aliphatic carbocycles. The lowest BCUT2D eigenvalue weighted by atomic mass is 9.79. The summed E-state index contributed by atoms with van der Waals surface area (Å²) in [6.45, 7) is 6.96. The largest absolute Gasteiger partial charge is 0.497 e. The monoisotopic (exact) mass is 266 g/mol. The van der Waals surface area contributed by atoms with Crippen LogP contribution in [0.2, 0.25) is 0 Å². The molecule has 0 radical (unpaired) electrons. The van der Waals surface area contributed by atoms with Gasteiger partial charge in [-0.3, -0.25) is 0 Å². The number of nitrogens with one attached hydrogen (secondary N) is 1. The maximum atomic E-state index is 5.91. The summed E-state index contributed by atoms with van der Waals surface area (Å²) in [5, 5.41) is 3.36. The summed E-state index contributed by atoms with van der Waals surface area (Å²) < 4.78 is 10.8. The SMILES string of the molecule is CNC(c1c(C)cc(OC)cc1OC)C(C)(C)CN. The molecule has 0 aromatic heterocycles. The molecule has 4 nitrogen and oxygen atoms in total. The molecule has 0 fully saturated rings. The Morgan fingerprint density at radius 2 is 1.89 bits per heavy atom. The van der Waals surface area contributed by atoms with Crippen LogP contribution in [0.5, 0.6) is 11.5 Å². The lowest BCUT2D eigenvalue weighted by Gasteiger charge is -2.35. The lowest BCUT2D eigenvalue weighted by molar-refractivity contribution is 0.257. The van der Waals surface area contributed by atoms with E-state index in [1.807, 2.05) is 19.2 Å². The molecule has 1 atom stereocenters. The molecule has 3 N–H and O–H groups in total. The zero-order valence-electron chi connectivity index (χ0n) is 12.8. The van der Waals surface area contributed by atoms with E-state index in [4.69, 9.17) is 15.2 Å². The fraction of sp³-hybridized carbons (Fsp3) is 0.600. The second-order valence-electron chi connectivity index (χ2n) is 5.47. The molecule has 0 bridgehead atoms. The van der Waals surface area contributed by atoms with Gasteiger partial charge in [-0.25, -0.2) is 0 Å². The fourth-order valence-corrected chi connectivity index (χ4v) is 2.43. The van der Waals surface area contributed by atoms with Crippen LogP contribution in [-0.4, -0.2) is 27.8 Å². The van der Waals surface area contributed by atoms with E-state index in [1.165, 1.54) is 0 Å². The van der Waals surface area contributed by atoms with E-state index in [0.29, 0.717) is 6.54 Å². The van der Waals surface area contributed by atoms with Gasteiger partial charge in [-0.2, -0.15) is 0 Å². The Balaban J connectivity index is 3.39. The van der Waals surface area contributed by atoms with Crippen LogP contribution in [0.4, 0.5) is 0 Å². The van der Waals surface area contributed by atoms with Crippen LogP contribution < -0.4 is 20.5 Å². The molecule has 1 unspecified atom stereocenters. The highest BCUT2D eigenvalue weighted by molar-refractivity contribution is 5.48. The van der Waals surface area contributed by atoms with Crippen LogP contribution >= 0.6 is 0 Å². The van der Waals surface area contributed by atoms with Gasteiger partial charge in [-0.05, 0) is 37.6 Å². The molecule has 0 saturated heterocycles. The molecule has 1 aromatic rings. The minimum atomic E-state index is -0.0681. The molecule has 1 aromatic carbocycles. The summed E-state index contributed by atoms with van der Waals surface area (Å²) in [5.74, 6) is 1.64. The first-order chi connectivity index (χ1) is 8.91. The molecule has 0 aliphatic rings. The summed E-state index contributed by atoms with van der Waals surface area (Å²) in [6.07, 6.45) is 0. The lowest BCUT2D eigenvalue weighted by Crippen LogP contribution is -2.38. The number of nitrogens with two attached hydrogens (primary N) is 1. The van der Waals surface area contributed by atoms with Gasteiger partial charge in [-0.15, -0.1) is 0 Å². The second-order valence-corrected chi connectivity index (χ2v) is 5.47. The standard InChI is InChI=1S/C15H26N2O2/c1-10-7-11(18-5)8-12(19-6)13(10)14(17-4)15(2,3)9-16/h7-8,14,17H,9,16H2,1-6H3. The number of methoxy groups -OCH3 is 2. The van der Waals surface area contributed by atoms with Gasteiger partial charge < -0.3 is 20.5 Å². The van der Waals surface area contributed by atoms with Gasteiger partial charge in [0.1, 0.15) is 11.5 Å². The fourth-order valence-electron chi connectivity index (χ4n) is 2.43. The maximum absolute atomic E-state index is 5.91. The Morgan fingerprint density at radius 1 is 1.26 bits per heavy atom. The van der Waals surface area contributed by atoms with Gasteiger partial charge in [0.2, 0.25) is 0 Å². The first kappa shape index (κ1) is 15.8. The van der Waals surface area contributed by atoms with E-state index in [0.717, 1.165) is 22.6 Å². The molecule has 0 saturated carbocycles. The van der Waals surface area contributed by atoms with Crippen molar-refractivity contribution in [3.8, 4) is 11.5 Å². The van der Waals surface area contributed by atoms with Crippen molar-refractivity contribution in [2.75, 3.05) is 27.8 Å². The Bertz CT molecular complexity index is 430. The quantitative estimate of drug-likeness (QED) is 0.829. The molecule has 0 aliphatic heterocycles.